The maximum atomic E-state index is 7.92. The highest BCUT2D eigenvalue weighted by Gasteiger charge is 2.20. The van der Waals surface area contributed by atoms with Crippen molar-refractivity contribution in [2.24, 2.45) is 4.99 Å². The first-order valence-electron chi connectivity index (χ1n) is 14.5. The summed E-state index contributed by atoms with van der Waals surface area (Å²) in [4.78, 5) is 4.61. The molecule has 30 heavy (non-hydrogen) atoms. The van der Waals surface area contributed by atoms with Crippen molar-refractivity contribution < 1.29 is 32.7 Å². The Morgan fingerprint density at radius 3 is 2.27 bits per heavy atom. The average Bonchev–Trinajstić information content (AvgIpc) is 2.80. The number of rotatable bonds is 10. The van der Waals surface area contributed by atoms with Crippen LogP contribution >= 0.6 is 12.4 Å². The maximum absolute atomic E-state index is 7.92. The lowest BCUT2D eigenvalue weighted by atomic mass is 9.93. The van der Waals surface area contributed by atoms with E-state index < -0.39 is 38.3 Å². The van der Waals surface area contributed by atoms with Gasteiger partial charge in [-0.15, -0.1) is 12.4 Å². The molecule has 2 aromatic carbocycles. The van der Waals surface area contributed by atoms with E-state index in [1.165, 1.54) is 12.1 Å². The van der Waals surface area contributed by atoms with Crippen molar-refractivity contribution >= 4 is 18.1 Å². The second-order valence-electron chi connectivity index (χ2n) is 6.27. The van der Waals surface area contributed by atoms with Crippen LogP contribution in [0.4, 0.5) is 0 Å². The third-order valence-electron chi connectivity index (χ3n) is 4.47. The molecule has 0 unspecified atom stereocenters. The molecule has 3 rings (SSSR count). The SMILES string of the molecule is Cl.[2H]C([2H])([2H])C([2H])([2H])Oc1cc2c(cc1OC([2H])([2H])C([2H])([2H])[2H])C(Cc1ccc(OCC)c(OCC)c1)=NCC2. The molecule has 5 nitrogen and oxygen atoms in total. The van der Waals surface area contributed by atoms with Gasteiger partial charge in [-0.25, -0.2) is 0 Å². The minimum Gasteiger partial charge on any atom is -0.490 e. The van der Waals surface area contributed by atoms with Crippen molar-refractivity contribution in [2.75, 3.05) is 32.9 Å². The van der Waals surface area contributed by atoms with E-state index in [0.29, 0.717) is 60.9 Å². The van der Waals surface area contributed by atoms with Crippen LogP contribution in [0.2, 0.25) is 0 Å². The van der Waals surface area contributed by atoms with E-state index in [-0.39, 0.29) is 12.4 Å². The molecule has 1 aliphatic rings. The summed E-state index contributed by atoms with van der Waals surface area (Å²) in [6, 6.07) is 8.15. The number of benzene rings is 2. The number of halogens is 1. The first-order chi connectivity index (χ1) is 18.0. The van der Waals surface area contributed by atoms with Gasteiger partial charge in [0.25, 0.3) is 0 Å². The monoisotopic (exact) mass is 443 g/mol. The van der Waals surface area contributed by atoms with Gasteiger partial charge in [0.15, 0.2) is 23.0 Å². The number of nitrogens with zero attached hydrogens (tertiary/aromatic N) is 1. The Morgan fingerprint density at radius 1 is 0.900 bits per heavy atom. The molecule has 0 fully saturated rings. The zero-order valence-corrected chi connectivity index (χ0v) is 17.7. The predicted octanol–water partition coefficient (Wildman–Crippen LogP) is 5.29. The maximum Gasteiger partial charge on any atom is 0.161 e. The van der Waals surface area contributed by atoms with E-state index in [1.807, 2.05) is 26.0 Å². The number of fused-ring (bicyclic) bond motifs is 1. The topological polar surface area (TPSA) is 49.3 Å². The minimum absolute atomic E-state index is 0. The molecule has 0 radical (unpaired) electrons. The Balaban J connectivity index is 0.00000560. The summed E-state index contributed by atoms with van der Waals surface area (Å²) in [5.74, 6) is 0.282. The molecule has 0 amide bonds. The zero-order valence-electron chi connectivity index (χ0n) is 26.9. The zero-order chi connectivity index (χ0) is 29.2. The molecular formula is C24H32ClNO4. The lowest BCUT2D eigenvalue weighted by molar-refractivity contribution is 0.287. The van der Waals surface area contributed by atoms with Crippen LogP contribution in [0.25, 0.3) is 0 Å². The van der Waals surface area contributed by atoms with Gasteiger partial charge >= 0.3 is 0 Å². The van der Waals surface area contributed by atoms with Crippen molar-refractivity contribution in [3.05, 3.63) is 47.0 Å². The summed E-state index contributed by atoms with van der Waals surface area (Å²) in [5.41, 5.74) is 2.58. The molecule has 0 saturated carbocycles. The molecule has 6 heteroatoms. The molecule has 2 aromatic rings. The highest BCUT2D eigenvalue weighted by Crippen LogP contribution is 2.34. The Labute approximate surface area is 199 Å². The van der Waals surface area contributed by atoms with Gasteiger partial charge in [0.05, 0.1) is 31.8 Å². The molecule has 0 spiro atoms. The van der Waals surface area contributed by atoms with E-state index in [1.54, 1.807) is 6.07 Å². The number of aliphatic imine (C=N–C) groups is 1. The van der Waals surface area contributed by atoms with Crippen LogP contribution in [0.15, 0.2) is 35.3 Å². The van der Waals surface area contributed by atoms with E-state index in [0.717, 1.165) is 5.56 Å². The molecule has 0 saturated heterocycles. The van der Waals surface area contributed by atoms with Crippen molar-refractivity contribution in [3.63, 3.8) is 0 Å². The first kappa shape index (κ1) is 13.1. The summed E-state index contributed by atoms with van der Waals surface area (Å²) < 4.78 is 98.2. The molecule has 0 N–H and O–H groups in total. The molecule has 164 valence electrons. The third-order valence-corrected chi connectivity index (χ3v) is 4.47. The van der Waals surface area contributed by atoms with Crippen LogP contribution in [0.3, 0.4) is 0 Å². The lowest BCUT2D eigenvalue weighted by Crippen LogP contribution is -2.16. The molecule has 0 atom stereocenters. The highest BCUT2D eigenvalue weighted by atomic mass is 35.5. The van der Waals surface area contributed by atoms with Crippen LogP contribution in [-0.2, 0) is 12.8 Å². The van der Waals surface area contributed by atoms with Gasteiger partial charge in [-0.2, -0.15) is 0 Å². The molecule has 0 bridgehead atoms. The fourth-order valence-corrected chi connectivity index (χ4v) is 3.29. The summed E-state index contributed by atoms with van der Waals surface area (Å²) in [6.07, 6.45) is 0.743. The predicted molar refractivity (Wildman–Crippen MR) is 124 cm³/mol. The number of hydrogen-bond acceptors (Lipinski definition) is 5. The first-order valence-corrected chi connectivity index (χ1v) is 9.46. The number of hydrogen-bond donors (Lipinski definition) is 0. The van der Waals surface area contributed by atoms with Crippen molar-refractivity contribution in [1.82, 2.24) is 0 Å². The summed E-state index contributed by atoms with van der Waals surface area (Å²) in [7, 11) is 0. The molecule has 1 heterocycles. The van der Waals surface area contributed by atoms with Gasteiger partial charge in [0, 0.05) is 32.5 Å². The van der Waals surface area contributed by atoms with Gasteiger partial charge < -0.3 is 18.9 Å². The Bertz CT molecular complexity index is 1220. The fourth-order valence-electron chi connectivity index (χ4n) is 3.29. The average molecular weight is 444 g/mol. The van der Waals surface area contributed by atoms with Crippen LogP contribution < -0.4 is 18.9 Å². The summed E-state index contributed by atoms with van der Waals surface area (Å²) in [5, 5.41) is 0. The van der Waals surface area contributed by atoms with E-state index in [9.17, 15) is 0 Å². The molecular weight excluding hydrogens is 402 g/mol. The van der Waals surface area contributed by atoms with Crippen LogP contribution in [0, 0.1) is 0 Å². The second-order valence-corrected chi connectivity index (χ2v) is 6.27. The van der Waals surface area contributed by atoms with Crippen molar-refractivity contribution in [3.8, 4) is 23.0 Å². The van der Waals surface area contributed by atoms with Gasteiger partial charge in [-0.1, -0.05) is 6.07 Å². The van der Waals surface area contributed by atoms with Gasteiger partial charge in [-0.05, 0) is 69.4 Å². The Hall–Kier alpha value is -2.40. The van der Waals surface area contributed by atoms with Gasteiger partial charge in [0.1, 0.15) is 0 Å². The minimum atomic E-state index is -3.20. The Morgan fingerprint density at radius 2 is 1.57 bits per heavy atom. The van der Waals surface area contributed by atoms with Crippen LogP contribution in [0.1, 0.15) is 57.9 Å². The largest absolute Gasteiger partial charge is 0.490 e. The molecule has 0 aliphatic carbocycles. The molecule has 1 aliphatic heterocycles. The molecule has 0 aromatic heterocycles. The van der Waals surface area contributed by atoms with E-state index in [2.05, 4.69) is 4.99 Å². The highest BCUT2D eigenvalue weighted by molar-refractivity contribution is 6.04. The number of ether oxygens (including phenoxy) is 4. The van der Waals surface area contributed by atoms with Crippen LogP contribution in [0.5, 0.6) is 23.0 Å². The normalized spacial score (nSPS) is 19.1. The van der Waals surface area contributed by atoms with E-state index in [4.69, 9.17) is 32.7 Å². The standard InChI is InChI=1S/C24H31NO4.ClH/c1-5-26-21-10-9-17(14-22(21)27-6-2)13-20-19-16-24(29-8-4)23(28-7-3)15-18(19)11-12-25-20;/h9-10,14-16H,5-8,11-13H2,1-4H3;1H/i3D3,4D3,7D2,8D2;. The fraction of sp³-hybridized carbons (Fsp3) is 0.458. The van der Waals surface area contributed by atoms with E-state index >= 15 is 0 Å². The quantitative estimate of drug-likeness (QED) is 0.500. The van der Waals surface area contributed by atoms with Crippen molar-refractivity contribution in [1.29, 1.82) is 0 Å². The summed E-state index contributed by atoms with van der Waals surface area (Å²) >= 11 is 0. The van der Waals surface area contributed by atoms with Gasteiger partial charge in [0.2, 0.25) is 0 Å². The van der Waals surface area contributed by atoms with Crippen molar-refractivity contribution in [2.45, 2.75) is 40.4 Å². The van der Waals surface area contributed by atoms with Crippen LogP contribution in [-0.4, -0.2) is 38.6 Å². The van der Waals surface area contributed by atoms with Gasteiger partial charge in [-0.3, -0.25) is 4.99 Å². The Kier molecular flexibility index (Phi) is 5.11. The smallest absolute Gasteiger partial charge is 0.161 e. The third kappa shape index (κ3) is 5.60. The lowest BCUT2D eigenvalue weighted by Gasteiger charge is -2.21. The second kappa shape index (κ2) is 11.7. The summed E-state index contributed by atoms with van der Waals surface area (Å²) in [6.45, 7) is -7.69.